The van der Waals surface area contributed by atoms with Gasteiger partial charge in [0.2, 0.25) is 0 Å². The number of pyridine rings is 1. The average molecular weight is 283 g/mol. The van der Waals surface area contributed by atoms with Crippen molar-refractivity contribution in [3.05, 3.63) is 59.4 Å². The summed E-state index contributed by atoms with van der Waals surface area (Å²) in [6.45, 7) is 5.43. The van der Waals surface area contributed by atoms with Crippen LogP contribution in [0.2, 0.25) is 0 Å². The number of anilines is 1. The predicted molar refractivity (Wildman–Crippen MR) is 85.4 cm³/mol. The van der Waals surface area contributed by atoms with Crippen LogP contribution in [-0.2, 0) is 6.54 Å². The van der Waals surface area contributed by atoms with Crippen LogP contribution in [0.4, 0.5) is 5.69 Å². The molecular formula is C17H21N3O. The van der Waals surface area contributed by atoms with E-state index < -0.39 is 0 Å². The molecule has 2 rings (SSSR count). The van der Waals surface area contributed by atoms with E-state index in [4.69, 9.17) is 0 Å². The van der Waals surface area contributed by atoms with E-state index in [9.17, 15) is 4.79 Å². The molecule has 1 aromatic carbocycles. The molecule has 0 radical (unpaired) electrons. The van der Waals surface area contributed by atoms with E-state index in [1.807, 2.05) is 49.4 Å². The molecule has 0 fully saturated rings. The first-order valence-electron chi connectivity index (χ1n) is 7.23. The lowest BCUT2D eigenvalue weighted by atomic mass is 10.2. The van der Waals surface area contributed by atoms with Crippen LogP contribution in [0.15, 0.2) is 42.5 Å². The van der Waals surface area contributed by atoms with Gasteiger partial charge in [0.25, 0.3) is 5.91 Å². The minimum atomic E-state index is -0.0830. The van der Waals surface area contributed by atoms with E-state index in [0.717, 1.165) is 30.0 Å². The second-order valence-electron chi connectivity index (χ2n) is 4.96. The fourth-order valence-electron chi connectivity index (χ4n) is 1.98. The largest absolute Gasteiger partial charge is 0.385 e. The number of hydrogen-bond acceptors (Lipinski definition) is 3. The summed E-state index contributed by atoms with van der Waals surface area (Å²) in [5.74, 6) is -0.0830. The number of carbonyl (C=O) groups is 1. The molecule has 21 heavy (non-hydrogen) atoms. The number of aryl methyl sites for hydroxylation is 1. The van der Waals surface area contributed by atoms with E-state index in [1.165, 1.54) is 0 Å². The van der Waals surface area contributed by atoms with Crippen molar-refractivity contribution >= 4 is 11.6 Å². The zero-order valence-corrected chi connectivity index (χ0v) is 12.5. The lowest BCUT2D eigenvalue weighted by molar-refractivity contribution is 0.0950. The van der Waals surface area contributed by atoms with Crippen molar-refractivity contribution in [3.8, 4) is 0 Å². The molecule has 0 unspecified atom stereocenters. The lowest BCUT2D eigenvalue weighted by Crippen LogP contribution is -2.23. The highest BCUT2D eigenvalue weighted by Crippen LogP contribution is 2.09. The topological polar surface area (TPSA) is 54.0 Å². The van der Waals surface area contributed by atoms with Gasteiger partial charge in [0, 0.05) is 23.5 Å². The van der Waals surface area contributed by atoms with Crippen molar-refractivity contribution in [3.63, 3.8) is 0 Å². The number of amides is 1. The maximum Gasteiger partial charge on any atom is 0.251 e. The van der Waals surface area contributed by atoms with Crippen LogP contribution >= 0.6 is 0 Å². The Hall–Kier alpha value is -2.36. The summed E-state index contributed by atoms with van der Waals surface area (Å²) in [5, 5.41) is 6.17. The van der Waals surface area contributed by atoms with Crippen molar-refractivity contribution in [2.24, 2.45) is 0 Å². The molecule has 1 heterocycles. The second-order valence-corrected chi connectivity index (χ2v) is 4.96. The minimum absolute atomic E-state index is 0.0830. The van der Waals surface area contributed by atoms with E-state index in [0.29, 0.717) is 12.1 Å². The van der Waals surface area contributed by atoms with E-state index in [2.05, 4.69) is 22.5 Å². The first-order valence-corrected chi connectivity index (χ1v) is 7.23. The van der Waals surface area contributed by atoms with Crippen LogP contribution < -0.4 is 10.6 Å². The molecule has 1 amide bonds. The summed E-state index contributed by atoms with van der Waals surface area (Å²) in [5.41, 5.74) is 3.51. The first kappa shape index (κ1) is 15.0. The van der Waals surface area contributed by atoms with Gasteiger partial charge >= 0.3 is 0 Å². The number of nitrogens with zero attached hydrogens (tertiary/aromatic N) is 1. The fourth-order valence-corrected chi connectivity index (χ4v) is 1.98. The zero-order valence-electron chi connectivity index (χ0n) is 12.5. The third kappa shape index (κ3) is 4.60. The van der Waals surface area contributed by atoms with Gasteiger partial charge in [-0.05, 0) is 49.7 Å². The molecule has 0 atom stereocenters. The summed E-state index contributed by atoms with van der Waals surface area (Å²) in [7, 11) is 0. The quantitative estimate of drug-likeness (QED) is 0.856. The minimum Gasteiger partial charge on any atom is -0.385 e. The van der Waals surface area contributed by atoms with Gasteiger partial charge in [0.15, 0.2) is 0 Å². The van der Waals surface area contributed by atoms with E-state index in [-0.39, 0.29) is 5.91 Å². The Bertz CT molecular complexity index is 593. The molecule has 0 aliphatic carbocycles. The highest BCUT2D eigenvalue weighted by molar-refractivity contribution is 5.94. The Kier molecular flexibility index (Phi) is 5.32. The van der Waals surface area contributed by atoms with Gasteiger partial charge in [-0.2, -0.15) is 0 Å². The average Bonchev–Trinajstić information content (AvgIpc) is 2.51. The normalized spacial score (nSPS) is 10.2. The first-order chi connectivity index (χ1) is 10.2. The number of nitrogens with one attached hydrogen (secondary N) is 2. The highest BCUT2D eigenvalue weighted by atomic mass is 16.1. The van der Waals surface area contributed by atoms with Gasteiger partial charge in [-0.1, -0.05) is 13.0 Å². The van der Waals surface area contributed by atoms with Gasteiger partial charge in [0.05, 0.1) is 12.2 Å². The second kappa shape index (κ2) is 7.43. The standard InChI is InChI=1S/C17H21N3O/c1-3-11-18-15-9-7-14(8-10-15)17(21)19-12-16-6-4-5-13(2)20-16/h4-10,18H,3,11-12H2,1-2H3,(H,19,21). The molecule has 2 aromatic rings. The van der Waals surface area contributed by atoms with Crippen LogP contribution in [0.25, 0.3) is 0 Å². The maximum atomic E-state index is 12.1. The van der Waals surface area contributed by atoms with Crippen LogP contribution in [0.3, 0.4) is 0 Å². The SMILES string of the molecule is CCCNc1ccc(C(=O)NCc2cccc(C)n2)cc1. The van der Waals surface area contributed by atoms with Crippen molar-refractivity contribution in [1.29, 1.82) is 0 Å². The summed E-state index contributed by atoms with van der Waals surface area (Å²) >= 11 is 0. The Balaban J connectivity index is 1.91. The zero-order chi connectivity index (χ0) is 15.1. The van der Waals surface area contributed by atoms with E-state index in [1.54, 1.807) is 0 Å². The Labute approximate surface area is 125 Å². The van der Waals surface area contributed by atoms with Gasteiger partial charge < -0.3 is 10.6 Å². The summed E-state index contributed by atoms with van der Waals surface area (Å²) < 4.78 is 0. The highest BCUT2D eigenvalue weighted by Gasteiger charge is 2.05. The number of aromatic nitrogens is 1. The van der Waals surface area contributed by atoms with Crippen LogP contribution in [0, 0.1) is 6.92 Å². The Morgan fingerprint density at radius 2 is 1.90 bits per heavy atom. The van der Waals surface area contributed by atoms with Crippen LogP contribution in [-0.4, -0.2) is 17.4 Å². The molecule has 0 spiro atoms. The molecule has 1 aromatic heterocycles. The van der Waals surface area contributed by atoms with E-state index >= 15 is 0 Å². The molecular weight excluding hydrogens is 262 g/mol. The molecule has 0 saturated heterocycles. The summed E-state index contributed by atoms with van der Waals surface area (Å²) in [4.78, 5) is 16.4. The third-order valence-electron chi connectivity index (χ3n) is 3.10. The molecule has 0 bridgehead atoms. The number of carbonyl (C=O) groups excluding carboxylic acids is 1. The molecule has 0 saturated carbocycles. The maximum absolute atomic E-state index is 12.1. The number of rotatable bonds is 6. The number of benzene rings is 1. The van der Waals surface area contributed by atoms with Crippen molar-refractivity contribution in [2.75, 3.05) is 11.9 Å². The predicted octanol–water partition coefficient (Wildman–Crippen LogP) is 3.14. The monoisotopic (exact) mass is 283 g/mol. The van der Waals surface area contributed by atoms with Crippen LogP contribution in [0.1, 0.15) is 35.1 Å². The molecule has 4 nitrogen and oxygen atoms in total. The summed E-state index contributed by atoms with van der Waals surface area (Å²) in [6.07, 6.45) is 1.08. The fraction of sp³-hybridized carbons (Fsp3) is 0.294. The molecule has 110 valence electrons. The Morgan fingerprint density at radius 3 is 2.57 bits per heavy atom. The van der Waals surface area contributed by atoms with Crippen LogP contribution in [0.5, 0.6) is 0 Å². The number of hydrogen-bond donors (Lipinski definition) is 2. The molecule has 2 N–H and O–H groups in total. The molecule has 0 aliphatic rings. The lowest BCUT2D eigenvalue weighted by Gasteiger charge is -2.07. The van der Waals surface area contributed by atoms with Crippen molar-refractivity contribution < 1.29 is 4.79 Å². The third-order valence-corrected chi connectivity index (χ3v) is 3.10. The van der Waals surface area contributed by atoms with Gasteiger partial charge in [0.1, 0.15) is 0 Å². The van der Waals surface area contributed by atoms with Crippen molar-refractivity contribution in [2.45, 2.75) is 26.8 Å². The Morgan fingerprint density at radius 1 is 1.14 bits per heavy atom. The van der Waals surface area contributed by atoms with Gasteiger partial charge in [-0.25, -0.2) is 0 Å². The summed E-state index contributed by atoms with van der Waals surface area (Å²) in [6, 6.07) is 13.3. The van der Waals surface area contributed by atoms with Gasteiger partial charge in [-0.15, -0.1) is 0 Å². The molecule has 4 heteroatoms. The molecule has 0 aliphatic heterocycles. The van der Waals surface area contributed by atoms with Crippen molar-refractivity contribution in [1.82, 2.24) is 10.3 Å². The van der Waals surface area contributed by atoms with Gasteiger partial charge in [-0.3, -0.25) is 9.78 Å². The smallest absolute Gasteiger partial charge is 0.251 e.